The fourth-order valence-corrected chi connectivity index (χ4v) is 3.83. The number of hydrogen-bond donors (Lipinski definition) is 0. The summed E-state index contributed by atoms with van der Waals surface area (Å²) in [6.07, 6.45) is 1.80. The van der Waals surface area contributed by atoms with Gasteiger partial charge < -0.3 is 9.47 Å². The number of methoxy groups -OCH3 is 2. The molecule has 0 atom stereocenters. The van der Waals surface area contributed by atoms with Gasteiger partial charge in [0.25, 0.3) is 5.91 Å². The quantitative estimate of drug-likeness (QED) is 0.588. The van der Waals surface area contributed by atoms with Crippen LogP contribution in [0.4, 0.5) is 5.69 Å². The van der Waals surface area contributed by atoms with Gasteiger partial charge in [-0.1, -0.05) is 36.1 Å². The molecular formula is C19H17NO3S2. The Morgan fingerprint density at radius 2 is 1.92 bits per heavy atom. The molecule has 2 aromatic carbocycles. The molecule has 0 unspecified atom stereocenters. The van der Waals surface area contributed by atoms with Crippen molar-refractivity contribution in [2.75, 3.05) is 19.1 Å². The normalized spacial score (nSPS) is 15.8. The average molecular weight is 371 g/mol. The first kappa shape index (κ1) is 17.5. The van der Waals surface area contributed by atoms with Gasteiger partial charge in [0.1, 0.15) is 11.5 Å². The number of thioether (sulfide) groups is 1. The number of anilines is 1. The predicted molar refractivity (Wildman–Crippen MR) is 106 cm³/mol. The number of thiocarbonyl (C=S) groups is 1. The molecule has 4 nitrogen and oxygen atoms in total. The molecular weight excluding hydrogens is 354 g/mol. The Labute approximate surface area is 156 Å². The molecule has 0 N–H and O–H groups in total. The number of hydrogen-bond acceptors (Lipinski definition) is 5. The fourth-order valence-electron chi connectivity index (χ4n) is 2.54. The molecule has 128 valence electrons. The smallest absolute Gasteiger partial charge is 0.270 e. The van der Waals surface area contributed by atoms with E-state index in [9.17, 15) is 4.79 Å². The van der Waals surface area contributed by atoms with Crippen molar-refractivity contribution in [3.8, 4) is 11.5 Å². The molecule has 0 spiro atoms. The SMILES string of the molecule is COc1ccc(C=C2SC(=S)N(c3cccc(C)c3)C2=O)c(OC)c1. The lowest BCUT2D eigenvalue weighted by atomic mass is 10.1. The average Bonchev–Trinajstić information content (AvgIpc) is 2.88. The van der Waals surface area contributed by atoms with Gasteiger partial charge >= 0.3 is 0 Å². The Bertz CT molecular complexity index is 877. The van der Waals surface area contributed by atoms with Gasteiger partial charge in [0.2, 0.25) is 0 Å². The van der Waals surface area contributed by atoms with Crippen LogP contribution in [0, 0.1) is 6.92 Å². The van der Waals surface area contributed by atoms with Crippen molar-refractivity contribution < 1.29 is 14.3 Å². The number of benzene rings is 2. The standard InChI is InChI=1S/C19H17NO3S2/c1-12-5-4-6-14(9-12)20-18(21)17(25-19(20)24)10-13-7-8-15(22-2)11-16(13)23-3/h4-11H,1-3H3. The van der Waals surface area contributed by atoms with Crippen LogP contribution in [-0.2, 0) is 4.79 Å². The third kappa shape index (κ3) is 3.55. The molecule has 0 bridgehead atoms. The van der Waals surface area contributed by atoms with Crippen LogP contribution in [0.15, 0.2) is 47.4 Å². The zero-order valence-electron chi connectivity index (χ0n) is 14.1. The number of nitrogens with zero attached hydrogens (tertiary/aromatic N) is 1. The molecule has 1 saturated heterocycles. The molecule has 0 aliphatic carbocycles. The number of ether oxygens (including phenoxy) is 2. The highest BCUT2D eigenvalue weighted by Crippen LogP contribution is 2.37. The second kappa shape index (κ2) is 7.29. The lowest BCUT2D eigenvalue weighted by Gasteiger charge is -2.14. The largest absolute Gasteiger partial charge is 0.497 e. The lowest BCUT2D eigenvalue weighted by molar-refractivity contribution is -0.113. The number of carbonyl (C=O) groups is 1. The second-order valence-electron chi connectivity index (χ2n) is 5.46. The maximum absolute atomic E-state index is 12.8. The molecule has 0 saturated carbocycles. The van der Waals surface area contributed by atoms with Crippen molar-refractivity contribution in [2.24, 2.45) is 0 Å². The van der Waals surface area contributed by atoms with Crippen LogP contribution in [0.1, 0.15) is 11.1 Å². The third-order valence-electron chi connectivity index (χ3n) is 3.78. The van der Waals surface area contributed by atoms with E-state index in [2.05, 4.69) is 0 Å². The summed E-state index contributed by atoms with van der Waals surface area (Å²) in [4.78, 5) is 15.0. The summed E-state index contributed by atoms with van der Waals surface area (Å²) in [5.74, 6) is 1.21. The van der Waals surface area contributed by atoms with E-state index in [1.807, 2.05) is 43.3 Å². The summed E-state index contributed by atoms with van der Waals surface area (Å²) in [6, 6.07) is 13.2. The van der Waals surface area contributed by atoms with Crippen molar-refractivity contribution in [3.05, 3.63) is 58.5 Å². The fraction of sp³-hybridized carbons (Fsp3) is 0.158. The first-order valence-corrected chi connectivity index (χ1v) is 8.82. The zero-order valence-corrected chi connectivity index (χ0v) is 15.7. The maximum atomic E-state index is 12.8. The monoisotopic (exact) mass is 371 g/mol. The minimum Gasteiger partial charge on any atom is -0.497 e. The van der Waals surface area contributed by atoms with Crippen molar-refractivity contribution in [1.82, 2.24) is 0 Å². The summed E-state index contributed by atoms with van der Waals surface area (Å²) in [5.41, 5.74) is 2.66. The predicted octanol–water partition coefficient (Wildman–Crippen LogP) is 4.42. The molecule has 1 heterocycles. The molecule has 1 aliphatic rings. The Hall–Kier alpha value is -2.31. The summed E-state index contributed by atoms with van der Waals surface area (Å²) in [5, 5.41) is 0. The van der Waals surface area contributed by atoms with Crippen LogP contribution in [0.5, 0.6) is 11.5 Å². The lowest BCUT2D eigenvalue weighted by Crippen LogP contribution is -2.27. The topological polar surface area (TPSA) is 38.8 Å². The van der Waals surface area contributed by atoms with E-state index in [1.54, 1.807) is 31.3 Å². The van der Waals surface area contributed by atoms with Gasteiger partial charge in [-0.15, -0.1) is 0 Å². The van der Waals surface area contributed by atoms with Crippen molar-refractivity contribution >= 4 is 46.0 Å². The Balaban J connectivity index is 1.96. The van der Waals surface area contributed by atoms with E-state index in [-0.39, 0.29) is 5.91 Å². The highest BCUT2D eigenvalue weighted by atomic mass is 32.2. The molecule has 6 heteroatoms. The molecule has 25 heavy (non-hydrogen) atoms. The summed E-state index contributed by atoms with van der Waals surface area (Å²) >= 11 is 6.70. The molecule has 0 radical (unpaired) electrons. The van der Waals surface area contributed by atoms with Gasteiger partial charge in [0.05, 0.1) is 24.8 Å². The van der Waals surface area contributed by atoms with Crippen LogP contribution in [0.2, 0.25) is 0 Å². The maximum Gasteiger partial charge on any atom is 0.270 e. The number of aryl methyl sites for hydroxylation is 1. The Morgan fingerprint density at radius 1 is 1.12 bits per heavy atom. The second-order valence-corrected chi connectivity index (χ2v) is 7.14. The van der Waals surface area contributed by atoms with E-state index in [4.69, 9.17) is 21.7 Å². The number of amides is 1. The third-order valence-corrected chi connectivity index (χ3v) is 5.08. The van der Waals surface area contributed by atoms with E-state index in [1.165, 1.54) is 11.8 Å². The van der Waals surface area contributed by atoms with Crippen LogP contribution in [0.25, 0.3) is 6.08 Å². The van der Waals surface area contributed by atoms with Crippen LogP contribution in [-0.4, -0.2) is 24.4 Å². The summed E-state index contributed by atoms with van der Waals surface area (Å²) < 4.78 is 11.1. The van der Waals surface area contributed by atoms with Gasteiger partial charge in [0.15, 0.2) is 4.32 Å². The van der Waals surface area contributed by atoms with Crippen molar-refractivity contribution in [2.45, 2.75) is 6.92 Å². The molecule has 2 aromatic rings. The van der Waals surface area contributed by atoms with Gasteiger partial charge in [-0.2, -0.15) is 0 Å². The highest BCUT2D eigenvalue weighted by molar-refractivity contribution is 8.27. The Morgan fingerprint density at radius 3 is 2.60 bits per heavy atom. The minimum atomic E-state index is -0.126. The highest BCUT2D eigenvalue weighted by Gasteiger charge is 2.33. The van der Waals surface area contributed by atoms with Crippen molar-refractivity contribution in [3.63, 3.8) is 0 Å². The number of rotatable bonds is 4. The van der Waals surface area contributed by atoms with E-state index < -0.39 is 0 Å². The zero-order chi connectivity index (χ0) is 18.0. The van der Waals surface area contributed by atoms with E-state index in [0.29, 0.717) is 20.7 Å². The van der Waals surface area contributed by atoms with Crippen LogP contribution >= 0.6 is 24.0 Å². The molecule has 1 aliphatic heterocycles. The Kier molecular flexibility index (Phi) is 5.11. The van der Waals surface area contributed by atoms with E-state index >= 15 is 0 Å². The molecule has 0 aromatic heterocycles. The van der Waals surface area contributed by atoms with Crippen LogP contribution in [0.3, 0.4) is 0 Å². The molecule has 1 fully saturated rings. The molecule has 3 rings (SSSR count). The first-order valence-electron chi connectivity index (χ1n) is 7.60. The van der Waals surface area contributed by atoms with Gasteiger partial charge in [-0.3, -0.25) is 9.69 Å². The summed E-state index contributed by atoms with van der Waals surface area (Å²) in [7, 11) is 3.19. The molecule has 1 amide bonds. The number of carbonyl (C=O) groups excluding carboxylic acids is 1. The van der Waals surface area contributed by atoms with Gasteiger partial charge in [-0.25, -0.2) is 0 Å². The first-order chi connectivity index (χ1) is 12.0. The van der Waals surface area contributed by atoms with Gasteiger partial charge in [0, 0.05) is 11.6 Å². The van der Waals surface area contributed by atoms with Crippen molar-refractivity contribution in [1.29, 1.82) is 0 Å². The van der Waals surface area contributed by atoms with E-state index in [0.717, 1.165) is 16.8 Å². The minimum absolute atomic E-state index is 0.126. The van der Waals surface area contributed by atoms with Crippen LogP contribution < -0.4 is 14.4 Å². The summed E-state index contributed by atoms with van der Waals surface area (Å²) in [6.45, 7) is 1.99. The van der Waals surface area contributed by atoms with Gasteiger partial charge in [-0.05, 0) is 42.8 Å².